The van der Waals surface area contributed by atoms with E-state index in [-0.39, 0.29) is 0 Å². The van der Waals surface area contributed by atoms with E-state index in [1.54, 1.807) is 0 Å². The first-order valence-corrected chi connectivity index (χ1v) is 6.46. The van der Waals surface area contributed by atoms with E-state index in [1.807, 2.05) is 24.3 Å². The first-order chi connectivity index (χ1) is 8.79. The standard InChI is InChI=1S/C16H20N2/c1-2-5-13-8-10-14(11-9-13)12-18-16-7-4-3-6-15(16)17/h3-4,6-11,18H,2,5,12,17H2,1H3. The summed E-state index contributed by atoms with van der Waals surface area (Å²) in [7, 11) is 0. The highest BCUT2D eigenvalue weighted by atomic mass is 14.9. The number of benzene rings is 2. The molecule has 2 heteroatoms. The van der Waals surface area contributed by atoms with Gasteiger partial charge in [-0.05, 0) is 29.7 Å². The Hall–Kier alpha value is -1.96. The van der Waals surface area contributed by atoms with Gasteiger partial charge in [0.25, 0.3) is 0 Å². The van der Waals surface area contributed by atoms with Crippen LogP contribution in [0.5, 0.6) is 0 Å². The van der Waals surface area contributed by atoms with Crippen LogP contribution in [0, 0.1) is 0 Å². The van der Waals surface area contributed by atoms with Crippen molar-refractivity contribution in [2.45, 2.75) is 26.3 Å². The lowest BCUT2D eigenvalue weighted by molar-refractivity contribution is 0.920. The monoisotopic (exact) mass is 240 g/mol. The molecule has 0 saturated carbocycles. The second kappa shape index (κ2) is 6.10. The van der Waals surface area contributed by atoms with Crippen LogP contribution < -0.4 is 11.1 Å². The van der Waals surface area contributed by atoms with E-state index < -0.39 is 0 Å². The van der Waals surface area contributed by atoms with Gasteiger partial charge in [0.15, 0.2) is 0 Å². The minimum atomic E-state index is 0.792. The molecule has 2 aromatic carbocycles. The van der Waals surface area contributed by atoms with Crippen molar-refractivity contribution < 1.29 is 0 Å². The maximum atomic E-state index is 5.89. The highest BCUT2D eigenvalue weighted by molar-refractivity contribution is 5.65. The number of para-hydroxylation sites is 2. The minimum absolute atomic E-state index is 0.792. The van der Waals surface area contributed by atoms with Crippen molar-refractivity contribution in [1.29, 1.82) is 0 Å². The number of hydrogen-bond donors (Lipinski definition) is 2. The molecule has 0 fully saturated rings. The van der Waals surface area contributed by atoms with Crippen molar-refractivity contribution >= 4 is 11.4 Å². The van der Waals surface area contributed by atoms with E-state index in [2.05, 4.69) is 36.5 Å². The minimum Gasteiger partial charge on any atom is -0.397 e. The lowest BCUT2D eigenvalue weighted by Gasteiger charge is -2.09. The molecule has 2 rings (SSSR count). The Morgan fingerprint density at radius 1 is 0.944 bits per heavy atom. The van der Waals surface area contributed by atoms with Gasteiger partial charge >= 0.3 is 0 Å². The van der Waals surface area contributed by atoms with Crippen molar-refractivity contribution in [1.82, 2.24) is 0 Å². The molecule has 0 saturated heterocycles. The molecule has 0 unspecified atom stereocenters. The van der Waals surface area contributed by atoms with Crippen LogP contribution in [0.25, 0.3) is 0 Å². The van der Waals surface area contributed by atoms with Gasteiger partial charge in [0.1, 0.15) is 0 Å². The van der Waals surface area contributed by atoms with Gasteiger partial charge in [-0.2, -0.15) is 0 Å². The van der Waals surface area contributed by atoms with Gasteiger partial charge in [-0.1, -0.05) is 49.7 Å². The molecule has 0 bridgehead atoms. The Balaban J connectivity index is 1.96. The fourth-order valence-corrected chi connectivity index (χ4v) is 1.97. The molecule has 3 N–H and O–H groups in total. The molecule has 2 aromatic rings. The summed E-state index contributed by atoms with van der Waals surface area (Å²) >= 11 is 0. The number of rotatable bonds is 5. The average molecular weight is 240 g/mol. The zero-order valence-electron chi connectivity index (χ0n) is 10.8. The maximum absolute atomic E-state index is 5.89. The van der Waals surface area contributed by atoms with Crippen LogP contribution in [0.2, 0.25) is 0 Å². The SMILES string of the molecule is CCCc1ccc(CNc2ccccc2N)cc1. The van der Waals surface area contributed by atoms with Crippen LogP contribution in [0.1, 0.15) is 24.5 Å². The molecule has 0 heterocycles. The van der Waals surface area contributed by atoms with E-state index in [0.29, 0.717) is 0 Å². The maximum Gasteiger partial charge on any atom is 0.0576 e. The largest absolute Gasteiger partial charge is 0.397 e. The zero-order chi connectivity index (χ0) is 12.8. The Kier molecular flexibility index (Phi) is 4.24. The molecule has 2 nitrogen and oxygen atoms in total. The van der Waals surface area contributed by atoms with E-state index in [9.17, 15) is 0 Å². The predicted octanol–water partition coefficient (Wildman–Crippen LogP) is 3.83. The Morgan fingerprint density at radius 2 is 1.61 bits per heavy atom. The molecule has 0 aliphatic carbocycles. The number of hydrogen-bond acceptors (Lipinski definition) is 2. The summed E-state index contributed by atoms with van der Waals surface area (Å²) in [5.41, 5.74) is 10.4. The van der Waals surface area contributed by atoms with Gasteiger partial charge < -0.3 is 11.1 Å². The molecular weight excluding hydrogens is 220 g/mol. The van der Waals surface area contributed by atoms with Crippen molar-refractivity contribution in [3.63, 3.8) is 0 Å². The quantitative estimate of drug-likeness (QED) is 0.779. The Morgan fingerprint density at radius 3 is 2.28 bits per heavy atom. The molecule has 0 spiro atoms. The molecule has 0 radical (unpaired) electrons. The number of nitrogens with one attached hydrogen (secondary N) is 1. The molecule has 0 amide bonds. The second-order valence-corrected chi connectivity index (χ2v) is 4.51. The Bertz CT molecular complexity index is 489. The van der Waals surface area contributed by atoms with Crippen LogP contribution in [-0.4, -0.2) is 0 Å². The fraction of sp³-hybridized carbons (Fsp3) is 0.250. The average Bonchev–Trinajstić information content (AvgIpc) is 2.40. The molecule has 0 aromatic heterocycles. The normalized spacial score (nSPS) is 10.3. The van der Waals surface area contributed by atoms with Crippen LogP contribution >= 0.6 is 0 Å². The van der Waals surface area contributed by atoms with Crippen LogP contribution in [0.3, 0.4) is 0 Å². The van der Waals surface area contributed by atoms with Gasteiger partial charge in [0.2, 0.25) is 0 Å². The van der Waals surface area contributed by atoms with E-state index >= 15 is 0 Å². The number of aryl methyl sites for hydroxylation is 1. The molecule has 0 aliphatic heterocycles. The van der Waals surface area contributed by atoms with Crippen LogP contribution in [0.15, 0.2) is 48.5 Å². The number of nitrogen functional groups attached to an aromatic ring is 1. The molecule has 0 aliphatic rings. The molecule has 94 valence electrons. The van der Waals surface area contributed by atoms with E-state index in [4.69, 9.17) is 5.73 Å². The van der Waals surface area contributed by atoms with Crippen molar-refractivity contribution in [3.05, 3.63) is 59.7 Å². The third-order valence-electron chi connectivity index (χ3n) is 3.01. The zero-order valence-corrected chi connectivity index (χ0v) is 10.8. The summed E-state index contributed by atoms with van der Waals surface area (Å²) in [6, 6.07) is 16.6. The van der Waals surface area contributed by atoms with Crippen LogP contribution in [0.4, 0.5) is 11.4 Å². The number of nitrogens with two attached hydrogens (primary N) is 1. The summed E-state index contributed by atoms with van der Waals surface area (Å²) in [6.07, 6.45) is 2.34. The van der Waals surface area contributed by atoms with Gasteiger partial charge in [-0.15, -0.1) is 0 Å². The van der Waals surface area contributed by atoms with Gasteiger partial charge in [-0.25, -0.2) is 0 Å². The summed E-state index contributed by atoms with van der Waals surface area (Å²) in [4.78, 5) is 0. The van der Waals surface area contributed by atoms with Gasteiger partial charge in [-0.3, -0.25) is 0 Å². The third kappa shape index (κ3) is 3.27. The lowest BCUT2D eigenvalue weighted by Crippen LogP contribution is -2.02. The molecule has 18 heavy (non-hydrogen) atoms. The summed E-state index contributed by atoms with van der Waals surface area (Å²) in [6.45, 7) is 3.01. The Labute approximate surface area is 109 Å². The molecule has 0 atom stereocenters. The highest BCUT2D eigenvalue weighted by Crippen LogP contribution is 2.17. The highest BCUT2D eigenvalue weighted by Gasteiger charge is 1.98. The topological polar surface area (TPSA) is 38.0 Å². The van der Waals surface area contributed by atoms with E-state index in [1.165, 1.54) is 17.5 Å². The molecular formula is C16H20N2. The summed E-state index contributed by atoms with van der Waals surface area (Å²) < 4.78 is 0. The van der Waals surface area contributed by atoms with E-state index in [0.717, 1.165) is 24.3 Å². The van der Waals surface area contributed by atoms with Crippen LogP contribution in [-0.2, 0) is 13.0 Å². The third-order valence-corrected chi connectivity index (χ3v) is 3.01. The first kappa shape index (κ1) is 12.5. The summed E-state index contributed by atoms with van der Waals surface area (Å²) in [5.74, 6) is 0. The van der Waals surface area contributed by atoms with Crippen molar-refractivity contribution in [3.8, 4) is 0 Å². The number of anilines is 2. The van der Waals surface area contributed by atoms with Gasteiger partial charge in [0, 0.05) is 6.54 Å². The summed E-state index contributed by atoms with van der Waals surface area (Å²) in [5, 5.41) is 3.36. The second-order valence-electron chi connectivity index (χ2n) is 4.51. The fourth-order valence-electron chi connectivity index (χ4n) is 1.97. The predicted molar refractivity (Wildman–Crippen MR) is 78.6 cm³/mol. The van der Waals surface area contributed by atoms with Gasteiger partial charge in [0.05, 0.1) is 11.4 Å². The first-order valence-electron chi connectivity index (χ1n) is 6.46. The van der Waals surface area contributed by atoms with Crippen molar-refractivity contribution in [2.24, 2.45) is 0 Å². The smallest absolute Gasteiger partial charge is 0.0576 e. The van der Waals surface area contributed by atoms with Crippen molar-refractivity contribution in [2.75, 3.05) is 11.1 Å². The lowest BCUT2D eigenvalue weighted by atomic mass is 10.1.